The van der Waals surface area contributed by atoms with Gasteiger partial charge in [0.25, 0.3) is 0 Å². The number of nitriles is 1. The van der Waals surface area contributed by atoms with Gasteiger partial charge in [-0.1, -0.05) is 19.9 Å². The van der Waals surface area contributed by atoms with Crippen LogP contribution in [0.4, 0.5) is 0 Å². The van der Waals surface area contributed by atoms with Crippen LogP contribution in [0.5, 0.6) is 0 Å². The lowest BCUT2D eigenvalue weighted by Gasteiger charge is -2.31. The summed E-state index contributed by atoms with van der Waals surface area (Å²) in [6, 6.07) is 2.17. The van der Waals surface area contributed by atoms with Gasteiger partial charge in [0.2, 0.25) is 0 Å². The van der Waals surface area contributed by atoms with Crippen LogP contribution in [-0.2, 0) is 0 Å². The Morgan fingerprint density at radius 3 is 2.67 bits per heavy atom. The minimum atomic E-state index is 0.119. The van der Waals surface area contributed by atoms with E-state index < -0.39 is 0 Å². The Kier molecular flexibility index (Phi) is 7.02. The Morgan fingerprint density at radius 1 is 1.53 bits per heavy atom. The first-order chi connectivity index (χ1) is 7.05. The number of aliphatic hydroxyl groups excluding tert-OH is 1. The van der Waals surface area contributed by atoms with Crippen LogP contribution in [0.3, 0.4) is 0 Å². The molecule has 0 amide bonds. The average molecular weight is 210 g/mol. The molecular formula is C12H22N2O. The van der Waals surface area contributed by atoms with Crippen molar-refractivity contribution >= 4 is 0 Å². The van der Waals surface area contributed by atoms with Crippen molar-refractivity contribution in [3.05, 3.63) is 12.7 Å². The van der Waals surface area contributed by atoms with Gasteiger partial charge in [-0.05, 0) is 11.8 Å². The third-order valence-corrected chi connectivity index (χ3v) is 2.37. The Bertz CT molecular complexity index is 218. The monoisotopic (exact) mass is 210 g/mol. The summed E-state index contributed by atoms with van der Waals surface area (Å²) in [6.45, 7) is 10.5. The molecule has 3 heteroatoms. The van der Waals surface area contributed by atoms with Gasteiger partial charge in [-0.2, -0.15) is 5.26 Å². The molecule has 86 valence electrons. The molecule has 0 heterocycles. The summed E-state index contributed by atoms with van der Waals surface area (Å²) in [5.74, 6) is 0. The van der Waals surface area contributed by atoms with Gasteiger partial charge in [-0.25, -0.2) is 0 Å². The zero-order chi connectivity index (χ0) is 11.7. The number of aliphatic hydroxyl groups is 1. The Hall–Kier alpha value is -0.850. The average Bonchev–Trinajstić information content (AvgIpc) is 2.15. The molecule has 0 aliphatic rings. The highest BCUT2D eigenvalue weighted by atomic mass is 16.3. The highest BCUT2D eigenvalue weighted by Crippen LogP contribution is 2.23. The van der Waals surface area contributed by atoms with Crippen molar-refractivity contribution in [1.29, 1.82) is 5.26 Å². The lowest BCUT2D eigenvalue weighted by molar-refractivity contribution is 0.150. The molecule has 0 aromatic heterocycles. The number of nitrogens with zero attached hydrogens (tertiary/aromatic N) is 2. The standard InChI is InChI=1S/C12H22N2O/c1-4-8-14(9-10-15)11-12(2,3)6-5-7-13/h4,15H,1,5-6,8-11H2,2-3H3. The number of rotatable bonds is 8. The molecule has 0 spiro atoms. The second kappa shape index (κ2) is 7.44. The van der Waals surface area contributed by atoms with E-state index in [-0.39, 0.29) is 12.0 Å². The summed E-state index contributed by atoms with van der Waals surface area (Å²) >= 11 is 0. The molecule has 0 aliphatic heterocycles. The van der Waals surface area contributed by atoms with E-state index in [4.69, 9.17) is 10.4 Å². The molecule has 0 unspecified atom stereocenters. The van der Waals surface area contributed by atoms with Gasteiger partial charge in [-0.15, -0.1) is 6.58 Å². The van der Waals surface area contributed by atoms with E-state index in [0.717, 1.165) is 19.5 Å². The molecule has 15 heavy (non-hydrogen) atoms. The van der Waals surface area contributed by atoms with Crippen molar-refractivity contribution in [2.45, 2.75) is 26.7 Å². The predicted molar refractivity (Wildman–Crippen MR) is 62.4 cm³/mol. The molecule has 0 fully saturated rings. The largest absolute Gasteiger partial charge is 0.395 e. The van der Waals surface area contributed by atoms with Crippen molar-refractivity contribution in [2.24, 2.45) is 5.41 Å². The molecule has 0 aromatic rings. The maximum Gasteiger partial charge on any atom is 0.0621 e. The first kappa shape index (κ1) is 14.2. The van der Waals surface area contributed by atoms with Crippen LogP contribution in [0.15, 0.2) is 12.7 Å². The van der Waals surface area contributed by atoms with Crippen LogP contribution < -0.4 is 0 Å². The van der Waals surface area contributed by atoms with Crippen molar-refractivity contribution in [3.8, 4) is 6.07 Å². The third-order valence-electron chi connectivity index (χ3n) is 2.37. The minimum absolute atomic E-state index is 0.119. The molecule has 0 aliphatic carbocycles. The molecule has 0 bridgehead atoms. The highest BCUT2D eigenvalue weighted by molar-refractivity contribution is 4.82. The zero-order valence-electron chi connectivity index (χ0n) is 9.87. The topological polar surface area (TPSA) is 47.3 Å². The third kappa shape index (κ3) is 7.12. The second-order valence-electron chi connectivity index (χ2n) is 4.57. The Labute approximate surface area is 93.0 Å². The summed E-state index contributed by atoms with van der Waals surface area (Å²) in [7, 11) is 0. The van der Waals surface area contributed by atoms with Gasteiger partial charge < -0.3 is 5.11 Å². The van der Waals surface area contributed by atoms with Crippen molar-refractivity contribution in [3.63, 3.8) is 0 Å². The zero-order valence-corrected chi connectivity index (χ0v) is 9.87. The van der Waals surface area contributed by atoms with Crippen molar-refractivity contribution in [2.75, 3.05) is 26.2 Å². The fourth-order valence-corrected chi connectivity index (χ4v) is 1.64. The normalized spacial score (nSPS) is 11.4. The molecule has 3 nitrogen and oxygen atoms in total. The predicted octanol–water partition coefficient (Wildman–Crippen LogP) is 1.80. The molecular weight excluding hydrogens is 188 g/mol. The van der Waals surface area contributed by atoms with Crippen LogP contribution >= 0.6 is 0 Å². The van der Waals surface area contributed by atoms with Gasteiger partial charge in [0, 0.05) is 26.1 Å². The van der Waals surface area contributed by atoms with Gasteiger partial charge in [0.15, 0.2) is 0 Å². The van der Waals surface area contributed by atoms with Gasteiger partial charge >= 0.3 is 0 Å². The van der Waals surface area contributed by atoms with E-state index in [0.29, 0.717) is 13.0 Å². The smallest absolute Gasteiger partial charge is 0.0621 e. The van der Waals surface area contributed by atoms with E-state index in [2.05, 4.69) is 31.4 Å². The quantitative estimate of drug-likeness (QED) is 0.621. The molecule has 0 aromatic carbocycles. The van der Waals surface area contributed by atoms with E-state index in [1.165, 1.54) is 0 Å². The van der Waals surface area contributed by atoms with E-state index in [9.17, 15) is 0 Å². The summed E-state index contributed by atoms with van der Waals surface area (Å²) in [5.41, 5.74) is 0.119. The number of hydrogen-bond donors (Lipinski definition) is 1. The van der Waals surface area contributed by atoms with Crippen molar-refractivity contribution in [1.82, 2.24) is 4.90 Å². The molecule has 0 rings (SSSR count). The lowest BCUT2D eigenvalue weighted by Crippen LogP contribution is -2.36. The summed E-state index contributed by atoms with van der Waals surface area (Å²) in [6.07, 6.45) is 3.33. The highest BCUT2D eigenvalue weighted by Gasteiger charge is 2.20. The maximum absolute atomic E-state index is 8.91. The van der Waals surface area contributed by atoms with Crippen LogP contribution in [0, 0.1) is 16.7 Å². The van der Waals surface area contributed by atoms with Crippen molar-refractivity contribution < 1.29 is 5.11 Å². The summed E-state index contributed by atoms with van der Waals surface area (Å²) in [5, 5.41) is 17.5. The SMILES string of the molecule is C=CCN(CCO)CC(C)(C)CCC#N. The Morgan fingerprint density at radius 2 is 2.20 bits per heavy atom. The minimum Gasteiger partial charge on any atom is -0.395 e. The molecule has 0 saturated heterocycles. The fourth-order valence-electron chi connectivity index (χ4n) is 1.64. The van der Waals surface area contributed by atoms with Crippen LogP contribution in [-0.4, -0.2) is 36.2 Å². The van der Waals surface area contributed by atoms with Gasteiger partial charge in [0.1, 0.15) is 0 Å². The summed E-state index contributed by atoms with van der Waals surface area (Å²) in [4.78, 5) is 2.16. The van der Waals surface area contributed by atoms with Crippen LogP contribution in [0.25, 0.3) is 0 Å². The molecule has 1 N–H and O–H groups in total. The second-order valence-corrected chi connectivity index (χ2v) is 4.57. The fraction of sp³-hybridized carbons (Fsp3) is 0.750. The molecule has 0 atom stereocenters. The first-order valence-electron chi connectivity index (χ1n) is 5.37. The lowest BCUT2D eigenvalue weighted by atomic mass is 9.87. The number of hydrogen-bond acceptors (Lipinski definition) is 3. The van der Waals surface area contributed by atoms with Gasteiger partial charge in [-0.3, -0.25) is 4.90 Å². The van der Waals surface area contributed by atoms with E-state index >= 15 is 0 Å². The molecule has 0 radical (unpaired) electrons. The Balaban J connectivity index is 4.11. The summed E-state index contributed by atoms with van der Waals surface area (Å²) < 4.78 is 0. The first-order valence-corrected chi connectivity index (χ1v) is 5.37. The van der Waals surface area contributed by atoms with E-state index in [1.807, 2.05) is 6.08 Å². The maximum atomic E-state index is 8.91. The van der Waals surface area contributed by atoms with Crippen LogP contribution in [0.2, 0.25) is 0 Å². The van der Waals surface area contributed by atoms with E-state index in [1.54, 1.807) is 0 Å². The molecule has 0 saturated carbocycles. The van der Waals surface area contributed by atoms with Crippen LogP contribution in [0.1, 0.15) is 26.7 Å². The van der Waals surface area contributed by atoms with Gasteiger partial charge in [0.05, 0.1) is 12.7 Å².